The van der Waals surface area contributed by atoms with Crippen LogP contribution in [0.2, 0.25) is 0 Å². The standard InChI is InChI=1S/C15H16F3N/c1-5-14(15(16,17)18)19-11(4)13-8-6-12(7-9-13)10(2)3/h6-9H,2,4-5H2,1,3H3. The minimum Gasteiger partial charge on any atom is -0.248 e. The number of allylic oxidation sites excluding steroid dienone is 1. The largest absolute Gasteiger partial charge is 0.429 e. The Hall–Kier alpha value is -1.84. The Morgan fingerprint density at radius 1 is 1.11 bits per heavy atom. The first kappa shape index (κ1) is 15.2. The number of aliphatic imine (C=N–C) groups is 1. The second kappa shape index (κ2) is 5.87. The molecule has 0 heterocycles. The van der Waals surface area contributed by atoms with Gasteiger partial charge >= 0.3 is 6.18 Å². The molecule has 0 aromatic heterocycles. The van der Waals surface area contributed by atoms with E-state index in [9.17, 15) is 13.2 Å². The van der Waals surface area contributed by atoms with Crippen molar-refractivity contribution >= 4 is 17.0 Å². The molecule has 0 amide bonds. The van der Waals surface area contributed by atoms with E-state index in [2.05, 4.69) is 18.2 Å². The molecule has 1 rings (SSSR count). The summed E-state index contributed by atoms with van der Waals surface area (Å²) in [5, 5.41) is 0. The molecular weight excluding hydrogens is 251 g/mol. The van der Waals surface area contributed by atoms with Crippen LogP contribution in [0.15, 0.2) is 42.4 Å². The zero-order valence-electron chi connectivity index (χ0n) is 11.0. The highest BCUT2D eigenvalue weighted by atomic mass is 19.4. The topological polar surface area (TPSA) is 12.4 Å². The van der Waals surface area contributed by atoms with Gasteiger partial charge in [0.15, 0.2) is 0 Å². The summed E-state index contributed by atoms with van der Waals surface area (Å²) in [4.78, 5) is 3.59. The second-order valence-corrected chi connectivity index (χ2v) is 4.21. The Balaban J connectivity index is 3.01. The number of hydrogen-bond donors (Lipinski definition) is 0. The summed E-state index contributed by atoms with van der Waals surface area (Å²) in [6.07, 6.45) is -4.58. The number of benzene rings is 1. The molecule has 102 valence electrons. The van der Waals surface area contributed by atoms with Crippen molar-refractivity contribution < 1.29 is 13.2 Å². The number of hydrogen-bond acceptors (Lipinski definition) is 1. The van der Waals surface area contributed by atoms with Crippen LogP contribution in [0.1, 0.15) is 31.4 Å². The van der Waals surface area contributed by atoms with E-state index in [0.717, 1.165) is 11.1 Å². The van der Waals surface area contributed by atoms with E-state index in [0.29, 0.717) is 5.56 Å². The van der Waals surface area contributed by atoms with Gasteiger partial charge in [0.1, 0.15) is 5.71 Å². The van der Waals surface area contributed by atoms with Crippen molar-refractivity contribution in [1.29, 1.82) is 0 Å². The number of halogens is 3. The normalized spacial score (nSPS) is 12.4. The Morgan fingerprint density at radius 2 is 1.58 bits per heavy atom. The Morgan fingerprint density at radius 3 is 1.95 bits per heavy atom. The lowest BCUT2D eigenvalue weighted by atomic mass is 10.1. The summed E-state index contributed by atoms with van der Waals surface area (Å²) in [6, 6.07) is 6.97. The molecule has 0 N–H and O–H groups in total. The van der Waals surface area contributed by atoms with Gasteiger partial charge in [0.05, 0.1) is 5.70 Å². The van der Waals surface area contributed by atoms with Crippen LogP contribution in [0.3, 0.4) is 0 Å². The molecule has 0 aliphatic rings. The SMILES string of the molecule is C=C(C)c1ccc(C(=C)N=C(CC)C(F)(F)F)cc1. The highest BCUT2D eigenvalue weighted by molar-refractivity contribution is 5.93. The highest BCUT2D eigenvalue weighted by Gasteiger charge is 2.34. The van der Waals surface area contributed by atoms with Crippen molar-refractivity contribution in [3.8, 4) is 0 Å². The summed E-state index contributed by atoms with van der Waals surface area (Å²) in [5.74, 6) is 0. The zero-order valence-corrected chi connectivity index (χ0v) is 11.0. The number of nitrogens with zero attached hydrogens (tertiary/aromatic N) is 1. The molecule has 0 spiro atoms. The zero-order chi connectivity index (χ0) is 14.6. The third-order valence-corrected chi connectivity index (χ3v) is 2.64. The first-order valence-electron chi connectivity index (χ1n) is 5.85. The highest BCUT2D eigenvalue weighted by Crippen LogP contribution is 2.24. The van der Waals surface area contributed by atoms with Crippen molar-refractivity contribution in [2.24, 2.45) is 4.99 Å². The Bertz CT molecular complexity index is 507. The van der Waals surface area contributed by atoms with E-state index in [1.54, 1.807) is 24.3 Å². The average molecular weight is 267 g/mol. The van der Waals surface area contributed by atoms with Crippen LogP contribution >= 0.6 is 0 Å². The van der Waals surface area contributed by atoms with Gasteiger partial charge in [0.25, 0.3) is 0 Å². The molecule has 0 unspecified atom stereocenters. The van der Waals surface area contributed by atoms with Crippen molar-refractivity contribution in [1.82, 2.24) is 0 Å². The molecule has 1 aromatic rings. The first-order chi connectivity index (χ1) is 8.75. The maximum atomic E-state index is 12.6. The summed E-state index contributed by atoms with van der Waals surface area (Å²) in [5.41, 5.74) is 1.70. The van der Waals surface area contributed by atoms with Crippen LogP contribution in [0.4, 0.5) is 13.2 Å². The Labute approximate surface area is 111 Å². The molecule has 0 saturated carbocycles. The van der Waals surface area contributed by atoms with Gasteiger partial charge in [-0.1, -0.05) is 49.9 Å². The summed E-state index contributed by atoms with van der Waals surface area (Å²) in [7, 11) is 0. The van der Waals surface area contributed by atoms with Crippen molar-refractivity contribution in [2.45, 2.75) is 26.4 Å². The fourth-order valence-corrected chi connectivity index (χ4v) is 1.52. The lowest BCUT2D eigenvalue weighted by Gasteiger charge is -2.10. The molecule has 1 nitrogen and oxygen atoms in total. The molecule has 0 saturated heterocycles. The van der Waals surface area contributed by atoms with Crippen LogP contribution in [0.25, 0.3) is 11.3 Å². The molecule has 0 atom stereocenters. The van der Waals surface area contributed by atoms with E-state index in [-0.39, 0.29) is 12.1 Å². The van der Waals surface area contributed by atoms with Gasteiger partial charge in [-0.05, 0) is 24.5 Å². The van der Waals surface area contributed by atoms with Gasteiger partial charge in [-0.15, -0.1) is 0 Å². The lowest BCUT2D eigenvalue weighted by Crippen LogP contribution is -2.22. The molecule has 0 radical (unpaired) electrons. The van der Waals surface area contributed by atoms with E-state index in [4.69, 9.17) is 0 Å². The van der Waals surface area contributed by atoms with Gasteiger partial charge in [-0.25, -0.2) is 4.99 Å². The fourth-order valence-electron chi connectivity index (χ4n) is 1.52. The quantitative estimate of drug-likeness (QED) is 0.673. The third kappa shape index (κ3) is 4.09. The van der Waals surface area contributed by atoms with Crippen molar-refractivity contribution in [2.75, 3.05) is 0 Å². The van der Waals surface area contributed by atoms with Gasteiger partial charge in [0.2, 0.25) is 0 Å². The van der Waals surface area contributed by atoms with E-state index < -0.39 is 11.9 Å². The third-order valence-electron chi connectivity index (χ3n) is 2.64. The van der Waals surface area contributed by atoms with Gasteiger partial charge in [0, 0.05) is 0 Å². The summed E-state index contributed by atoms with van der Waals surface area (Å²) in [6.45, 7) is 10.7. The monoisotopic (exact) mass is 267 g/mol. The van der Waals surface area contributed by atoms with Crippen LogP contribution in [0.5, 0.6) is 0 Å². The first-order valence-corrected chi connectivity index (χ1v) is 5.85. The predicted octanol–water partition coefficient (Wildman–Crippen LogP) is 5.10. The maximum absolute atomic E-state index is 12.6. The van der Waals surface area contributed by atoms with Crippen molar-refractivity contribution in [3.63, 3.8) is 0 Å². The predicted molar refractivity (Wildman–Crippen MR) is 74.0 cm³/mol. The molecule has 0 bridgehead atoms. The van der Waals surface area contributed by atoms with Gasteiger partial charge < -0.3 is 0 Å². The molecule has 0 aliphatic heterocycles. The molecule has 1 aromatic carbocycles. The molecular formula is C15H16F3N. The second-order valence-electron chi connectivity index (χ2n) is 4.21. The molecule has 0 aliphatic carbocycles. The fraction of sp³-hybridized carbons (Fsp3) is 0.267. The summed E-state index contributed by atoms with van der Waals surface area (Å²) < 4.78 is 37.7. The summed E-state index contributed by atoms with van der Waals surface area (Å²) >= 11 is 0. The smallest absolute Gasteiger partial charge is 0.248 e. The molecule has 19 heavy (non-hydrogen) atoms. The minimum absolute atomic E-state index is 0.113. The number of alkyl halides is 3. The maximum Gasteiger partial charge on any atom is 0.429 e. The van der Waals surface area contributed by atoms with Crippen molar-refractivity contribution in [3.05, 3.63) is 48.6 Å². The molecule has 4 heteroatoms. The Kier molecular flexibility index (Phi) is 4.70. The van der Waals surface area contributed by atoms with Crippen LogP contribution in [-0.2, 0) is 0 Å². The van der Waals surface area contributed by atoms with E-state index in [1.165, 1.54) is 6.92 Å². The minimum atomic E-state index is -4.41. The van der Waals surface area contributed by atoms with E-state index in [1.807, 2.05) is 6.92 Å². The van der Waals surface area contributed by atoms with Crippen LogP contribution < -0.4 is 0 Å². The number of rotatable bonds is 4. The lowest BCUT2D eigenvalue weighted by molar-refractivity contribution is -0.0601. The van der Waals surface area contributed by atoms with Crippen LogP contribution in [-0.4, -0.2) is 11.9 Å². The van der Waals surface area contributed by atoms with Gasteiger partial charge in [-0.2, -0.15) is 13.2 Å². The van der Waals surface area contributed by atoms with Gasteiger partial charge in [-0.3, -0.25) is 0 Å². The van der Waals surface area contributed by atoms with E-state index >= 15 is 0 Å². The average Bonchev–Trinajstić information content (AvgIpc) is 2.34. The van der Waals surface area contributed by atoms with Crippen LogP contribution in [0, 0.1) is 0 Å². The molecule has 0 fully saturated rings.